The molecule has 0 spiro atoms. The molecule has 0 saturated carbocycles. The SMILES string of the molecule is CC(C)(C)NS(=O)(=O)c1cc(NC(=O)CCC2CCNC2)ccc1F. The standard InChI is InChI=1S/C17H26FN3O3S/c1-17(2,3)21-25(23,24)15-10-13(5-6-14(15)18)20-16(22)7-4-12-8-9-19-11-12/h5-6,10,12,19,21H,4,7-9,11H2,1-3H3,(H,20,22). The molecule has 6 nitrogen and oxygen atoms in total. The molecule has 0 radical (unpaired) electrons. The lowest BCUT2D eigenvalue weighted by Gasteiger charge is -2.20. The number of sulfonamides is 1. The molecule has 1 aromatic rings. The van der Waals surface area contributed by atoms with E-state index in [-0.39, 0.29) is 11.6 Å². The summed E-state index contributed by atoms with van der Waals surface area (Å²) in [5.74, 6) is -0.566. The summed E-state index contributed by atoms with van der Waals surface area (Å²) >= 11 is 0. The van der Waals surface area contributed by atoms with Crippen molar-refractivity contribution in [3.63, 3.8) is 0 Å². The maximum atomic E-state index is 14.0. The van der Waals surface area contributed by atoms with Gasteiger partial charge in [0.15, 0.2) is 0 Å². The molecule has 1 saturated heterocycles. The fourth-order valence-corrected chi connectivity index (χ4v) is 4.29. The van der Waals surface area contributed by atoms with Crippen molar-refractivity contribution >= 4 is 21.6 Å². The van der Waals surface area contributed by atoms with Gasteiger partial charge in [0, 0.05) is 17.6 Å². The van der Waals surface area contributed by atoms with E-state index in [2.05, 4.69) is 15.4 Å². The number of anilines is 1. The number of carbonyl (C=O) groups excluding carboxylic acids is 1. The van der Waals surface area contributed by atoms with Crippen LogP contribution in [0.25, 0.3) is 0 Å². The van der Waals surface area contributed by atoms with E-state index in [1.807, 2.05) is 0 Å². The third-order valence-electron chi connectivity index (χ3n) is 3.89. The van der Waals surface area contributed by atoms with Crippen molar-refractivity contribution in [2.24, 2.45) is 5.92 Å². The molecule has 1 fully saturated rings. The van der Waals surface area contributed by atoms with E-state index in [1.54, 1.807) is 20.8 Å². The summed E-state index contributed by atoms with van der Waals surface area (Å²) in [4.78, 5) is 11.6. The van der Waals surface area contributed by atoms with Gasteiger partial charge < -0.3 is 10.6 Å². The van der Waals surface area contributed by atoms with Gasteiger partial charge in [-0.15, -0.1) is 0 Å². The molecule has 0 aromatic heterocycles. The predicted octanol–water partition coefficient (Wildman–Crippen LogP) is 2.23. The number of hydrogen-bond acceptors (Lipinski definition) is 4. The van der Waals surface area contributed by atoms with Crippen molar-refractivity contribution in [1.82, 2.24) is 10.0 Å². The normalized spacial score (nSPS) is 18.3. The molecule has 1 atom stereocenters. The summed E-state index contributed by atoms with van der Waals surface area (Å²) in [7, 11) is -4.02. The lowest BCUT2D eigenvalue weighted by atomic mass is 10.0. The van der Waals surface area contributed by atoms with Gasteiger partial charge in [-0.1, -0.05) is 0 Å². The van der Waals surface area contributed by atoms with Crippen LogP contribution in [0, 0.1) is 11.7 Å². The molecular weight excluding hydrogens is 345 g/mol. The Morgan fingerprint density at radius 2 is 2.08 bits per heavy atom. The van der Waals surface area contributed by atoms with Crippen LogP contribution in [0.15, 0.2) is 23.1 Å². The van der Waals surface area contributed by atoms with Crippen LogP contribution in [0.2, 0.25) is 0 Å². The fraction of sp³-hybridized carbons (Fsp3) is 0.588. The van der Waals surface area contributed by atoms with Gasteiger partial charge in [-0.05, 0) is 70.8 Å². The topological polar surface area (TPSA) is 87.3 Å². The summed E-state index contributed by atoms with van der Waals surface area (Å²) in [5.41, 5.74) is -0.468. The highest BCUT2D eigenvalue weighted by atomic mass is 32.2. The Bertz CT molecular complexity index is 723. The molecule has 3 N–H and O–H groups in total. The van der Waals surface area contributed by atoms with Gasteiger partial charge >= 0.3 is 0 Å². The lowest BCUT2D eigenvalue weighted by molar-refractivity contribution is -0.116. The zero-order valence-corrected chi connectivity index (χ0v) is 15.7. The maximum Gasteiger partial charge on any atom is 0.244 e. The molecule has 0 bridgehead atoms. The molecule has 1 heterocycles. The average Bonchev–Trinajstić information content (AvgIpc) is 2.98. The van der Waals surface area contributed by atoms with E-state index in [0.29, 0.717) is 12.3 Å². The van der Waals surface area contributed by atoms with Crippen molar-refractivity contribution in [2.45, 2.75) is 50.5 Å². The van der Waals surface area contributed by atoms with Crippen LogP contribution in [0.1, 0.15) is 40.0 Å². The highest BCUT2D eigenvalue weighted by Gasteiger charge is 2.25. The van der Waals surface area contributed by atoms with Gasteiger partial charge in [-0.2, -0.15) is 0 Å². The Morgan fingerprint density at radius 3 is 2.68 bits per heavy atom. The minimum Gasteiger partial charge on any atom is -0.326 e. The van der Waals surface area contributed by atoms with Crippen LogP contribution in [-0.4, -0.2) is 33.0 Å². The largest absolute Gasteiger partial charge is 0.326 e. The number of amides is 1. The molecule has 1 unspecified atom stereocenters. The molecule has 1 aliphatic heterocycles. The molecule has 25 heavy (non-hydrogen) atoms. The van der Waals surface area contributed by atoms with Crippen molar-refractivity contribution in [2.75, 3.05) is 18.4 Å². The first-order chi connectivity index (χ1) is 11.6. The number of rotatable bonds is 6. The Morgan fingerprint density at radius 1 is 1.36 bits per heavy atom. The Kier molecular flexibility index (Phi) is 6.18. The lowest BCUT2D eigenvalue weighted by Crippen LogP contribution is -2.40. The van der Waals surface area contributed by atoms with E-state index in [9.17, 15) is 17.6 Å². The number of halogens is 1. The Balaban J connectivity index is 2.06. The van der Waals surface area contributed by atoms with Gasteiger partial charge in [0.1, 0.15) is 10.7 Å². The highest BCUT2D eigenvalue weighted by molar-refractivity contribution is 7.89. The second-order valence-electron chi connectivity index (χ2n) is 7.45. The number of hydrogen-bond donors (Lipinski definition) is 3. The Labute approximate surface area is 148 Å². The summed E-state index contributed by atoms with van der Waals surface area (Å²) in [6.45, 7) is 6.92. The molecule has 2 rings (SSSR count). The zero-order chi connectivity index (χ0) is 18.7. The highest BCUT2D eigenvalue weighted by Crippen LogP contribution is 2.22. The average molecular weight is 371 g/mol. The van der Waals surface area contributed by atoms with Crippen molar-refractivity contribution in [1.29, 1.82) is 0 Å². The smallest absolute Gasteiger partial charge is 0.244 e. The third kappa shape index (κ3) is 6.05. The molecule has 1 amide bonds. The van der Waals surface area contributed by atoms with Crippen LogP contribution in [0.5, 0.6) is 0 Å². The minimum atomic E-state index is -4.02. The van der Waals surface area contributed by atoms with Crippen LogP contribution in [0.3, 0.4) is 0 Å². The zero-order valence-electron chi connectivity index (χ0n) is 14.9. The van der Waals surface area contributed by atoms with Gasteiger partial charge in [0.2, 0.25) is 15.9 Å². The van der Waals surface area contributed by atoms with Crippen LogP contribution in [-0.2, 0) is 14.8 Å². The summed E-state index contributed by atoms with van der Waals surface area (Å²) in [6.07, 6.45) is 2.19. The van der Waals surface area contributed by atoms with Gasteiger partial charge in [-0.3, -0.25) is 4.79 Å². The molecular formula is C17H26FN3O3S. The van der Waals surface area contributed by atoms with Gasteiger partial charge in [0.05, 0.1) is 0 Å². The van der Waals surface area contributed by atoms with Crippen LogP contribution in [0.4, 0.5) is 10.1 Å². The quantitative estimate of drug-likeness (QED) is 0.716. The number of benzene rings is 1. The molecule has 1 aromatic carbocycles. The summed E-state index contributed by atoms with van der Waals surface area (Å²) in [6, 6.07) is 3.56. The van der Waals surface area contributed by atoms with Crippen LogP contribution < -0.4 is 15.4 Å². The van der Waals surface area contributed by atoms with E-state index in [0.717, 1.165) is 38.1 Å². The van der Waals surface area contributed by atoms with Gasteiger partial charge in [-0.25, -0.2) is 17.5 Å². The van der Waals surface area contributed by atoms with E-state index in [4.69, 9.17) is 0 Å². The minimum absolute atomic E-state index is 0.203. The second-order valence-corrected chi connectivity index (χ2v) is 9.10. The predicted molar refractivity (Wildman–Crippen MR) is 95.3 cm³/mol. The van der Waals surface area contributed by atoms with E-state index >= 15 is 0 Å². The van der Waals surface area contributed by atoms with Crippen molar-refractivity contribution in [3.05, 3.63) is 24.0 Å². The molecule has 0 aliphatic carbocycles. The van der Waals surface area contributed by atoms with E-state index < -0.39 is 26.3 Å². The van der Waals surface area contributed by atoms with Crippen molar-refractivity contribution in [3.8, 4) is 0 Å². The first-order valence-corrected chi connectivity index (χ1v) is 9.89. The van der Waals surface area contributed by atoms with E-state index in [1.165, 1.54) is 6.07 Å². The third-order valence-corrected chi connectivity index (χ3v) is 5.66. The Hall–Kier alpha value is -1.51. The monoisotopic (exact) mass is 371 g/mol. The van der Waals surface area contributed by atoms with Gasteiger partial charge in [0.25, 0.3) is 0 Å². The molecule has 140 valence electrons. The maximum absolute atomic E-state index is 14.0. The second kappa shape index (κ2) is 7.80. The first-order valence-electron chi connectivity index (χ1n) is 8.41. The molecule has 1 aliphatic rings. The van der Waals surface area contributed by atoms with Crippen LogP contribution >= 0.6 is 0 Å². The summed E-state index contributed by atoms with van der Waals surface area (Å²) in [5, 5.41) is 5.90. The first kappa shape index (κ1) is 19.8. The number of nitrogens with one attached hydrogen (secondary N) is 3. The van der Waals surface area contributed by atoms with Crippen molar-refractivity contribution < 1.29 is 17.6 Å². The number of carbonyl (C=O) groups is 1. The summed E-state index contributed by atoms with van der Waals surface area (Å²) < 4.78 is 41.1. The fourth-order valence-electron chi connectivity index (χ4n) is 2.76. The molecule has 8 heteroatoms.